The van der Waals surface area contributed by atoms with Crippen molar-refractivity contribution in [3.8, 4) is 0 Å². The Kier molecular flexibility index (Phi) is 3.89. The second-order valence-corrected chi connectivity index (χ2v) is 7.99. The minimum Gasteiger partial charge on any atom is -0.319 e. The molecule has 3 amide bonds. The maximum Gasteiger partial charge on any atom is 0.329 e. The van der Waals surface area contributed by atoms with Crippen LogP contribution in [0.4, 0.5) is 4.79 Å². The Bertz CT molecular complexity index is 819. The number of amides is 3. The molecule has 3 atom stereocenters. The lowest BCUT2D eigenvalue weighted by atomic mass is 9.92. The van der Waals surface area contributed by atoms with Crippen molar-refractivity contribution in [2.24, 2.45) is 0 Å². The fraction of sp³-hybridized carbons (Fsp3) is 0.368. The first kappa shape index (κ1) is 16.3. The molecular weight excluding hydrogens is 334 g/mol. The highest BCUT2D eigenvalue weighted by Gasteiger charge is 2.50. The summed E-state index contributed by atoms with van der Waals surface area (Å²) in [7, 11) is 0. The number of fused-ring (bicyclic) bond motifs is 1. The number of thiophene rings is 1. The lowest BCUT2D eigenvalue weighted by molar-refractivity contribution is -0.938. The zero-order chi connectivity index (χ0) is 17.6. The number of nitrogens with zero attached hydrogens (tertiary/aromatic N) is 1. The van der Waals surface area contributed by atoms with Crippen molar-refractivity contribution < 1.29 is 14.5 Å². The van der Waals surface area contributed by atoms with Gasteiger partial charge < -0.3 is 10.2 Å². The molecule has 25 heavy (non-hydrogen) atoms. The van der Waals surface area contributed by atoms with Gasteiger partial charge in [0.2, 0.25) is 0 Å². The molecule has 0 radical (unpaired) electrons. The van der Waals surface area contributed by atoms with E-state index in [4.69, 9.17) is 0 Å². The molecular formula is C19H22N3O2S+. The third-order valence-corrected chi connectivity index (χ3v) is 6.52. The number of benzene rings is 1. The van der Waals surface area contributed by atoms with Gasteiger partial charge in [-0.2, -0.15) is 0 Å². The van der Waals surface area contributed by atoms with Gasteiger partial charge in [-0.05, 0) is 30.9 Å². The summed E-state index contributed by atoms with van der Waals surface area (Å²) in [5, 5.41) is 5.02. The molecule has 2 aliphatic rings. The van der Waals surface area contributed by atoms with Gasteiger partial charge in [-0.1, -0.05) is 30.3 Å². The van der Waals surface area contributed by atoms with Gasteiger partial charge in [0.15, 0.2) is 6.67 Å². The Balaban J connectivity index is 1.56. The van der Waals surface area contributed by atoms with E-state index in [2.05, 4.69) is 23.7 Å². The zero-order valence-corrected chi connectivity index (χ0v) is 15.2. The predicted octanol–water partition coefficient (Wildman–Crippen LogP) is 1.67. The fourth-order valence-electron chi connectivity index (χ4n) is 3.88. The van der Waals surface area contributed by atoms with Crippen LogP contribution in [0, 0.1) is 0 Å². The van der Waals surface area contributed by atoms with Crippen LogP contribution >= 0.6 is 11.3 Å². The highest BCUT2D eigenvalue weighted by molar-refractivity contribution is 7.10. The van der Waals surface area contributed by atoms with Crippen molar-refractivity contribution in [1.29, 1.82) is 0 Å². The van der Waals surface area contributed by atoms with Gasteiger partial charge in [0.25, 0.3) is 5.91 Å². The first-order valence-corrected chi connectivity index (χ1v) is 9.49. The summed E-state index contributed by atoms with van der Waals surface area (Å²) >= 11 is 1.80. The molecule has 2 aromatic rings. The largest absolute Gasteiger partial charge is 0.329 e. The van der Waals surface area contributed by atoms with Gasteiger partial charge in [0.1, 0.15) is 11.6 Å². The van der Waals surface area contributed by atoms with Crippen LogP contribution in [0.5, 0.6) is 0 Å². The first-order valence-electron chi connectivity index (χ1n) is 8.61. The van der Waals surface area contributed by atoms with Crippen LogP contribution in [0.15, 0.2) is 41.8 Å². The number of hydrogen-bond acceptors (Lipinski definition) is 3. The maximum absolute atomic E-state index is 13.0. The number of nitrogens with one attached hydrogen (secondary N) is 2. The Labute approximate surface area is 151 Å². The summed E-state index contributed by atoms with van der Waals surface area (Å²) < 4.78 is 0. The molecule has 1 aromatic carbocycles. The monoisotopic (exact) mass is 356 g/mol. The highest BCUT2D eigenvalue weighted by atomic mass is 32.1. The van der Waals surface area contributed by atoms with Crippen LogP contribution in [0.2, 0.25) is 0 Å². The summed E-state index contributed by atoms with van der Waals surface area (Å²) in [6.07, 6.45) is 1.01. The van der Waals surface area contributed by atoms with Gasteiger partial charge in [-0.25, -0.2) is 9.69 Å². The summed E-state index contributed by atoms with van der Waals surface area (Å²) in [6, 6.07) is 11.6. The molecule has 0 saturated carbocycles. The van der Waals surface area contributed by atoms with E-state index in [1.807, 2.05) is 30.3 Å². The van der Waals surface area contributed by atoms with Gasteiger partial charge in [0.05, 0.1) is 6.54 Å². The van der Waals surface area contributed by atoms with Crippen molar-refractivity contribution in [3.63, 3.8) is 0 Å². The van der Waals surface area contributed by atoms with E-state index in [-0.39, 0.29) is 11.9 Å². The van der Waals surface area contributed by atoms with Crippen molar-refractivity contribution in [2.75, 3.05) is 13.2 Å². The average molecular weight is 356 g/mol. The number of quaternary nitrogens is 1. The minimum absolute atomic E-state index is 0.167. The molecule has 2 N–H and O–H groups in total. The molecule has 3 heterocycles. The van der Waals surface area contributed by atoms with E-state index in [1.165, 1.54) is 20.2 Å². The van der Waals surface area contributed by atoms with E-state index >= 15 is 0 Å². The van der Waals surface area contributed by atoms with Crippen molar-refractivity contribution in [1.82, 2.24) is 10.2 Å². The second-order valence-electron chi connectivity index (χ2n) is 6.99. The lowest BCUT2D eigenvalue weighted by Crippen LogP contribution is -3.14. The topological polar surface area (TPSA) is 53.9 Å². The average Bonchev–Trinajstić information content (AvgIpc) is 3.18. The number of carbonyl (C=O) groups excluding carboxylic acids is 2. The van der Waals surface area contributed by atoms with E-state index in [1.54, 1.807) is 18.3 Å². The lowest BCUT2D eigenvalue weighted by Gasteiger charge is -2.32. The van der Waals surface area contributed by atoms with Gasteiger partial charge in [0, 0.05) is 16.9 Å². The first-order chi connectivity index (χ1) is 12.0. The van der Waals surface area contributed by atoms with Crippen LogP contribution in [0.1, 0.15) is 35.9 Å². The molecule has 2 aliphatic heterocycles. The SMILES string of the molecule is C[C@@H]1c2ccsc2CC[NH+]1CN1C(=O)N[C@](C)(c2ccccc2)C1=O. The number of carbonyl (C=O) groups is 2. The van der Waals surface area contributed by atoms with E-state index in [9.17, 15) is 9.59 Å². The minimum atomic E-state index is -0.982. The normalized spacial score (nSPS) is 28.8. The molecule has 130 valence electrons. The zero-order valence-electron chi connectivity index (χ0n) is 14.4. The molecule has 0 spiro atoms. The highest BCUT2D eigenvalue weighted by Crippen LogP contribution is 2.29. The summed E-state index contributed by atoms with van der Waals surface area (Å²) in [4.78, 5) is 29.7. The number of hydrogen-bond donors (Lipinski definition) is 2. The van der Waals surface area contributed by atoms with Gasteiger partial charge >= 0.3 is 6.03 Å². The number of urea groups is 1. The Morgan fingerprint density at radius 3 is 2.80 bits per heavy atom. The van der Waals surface area contributed by atoms with Crippen molar-refractivity contribution in [2.45, 2.75) is 31.8 Å². The number of rotatable bonds is 3. The molecule has 4 rings (SSSR count). The van der Waals surface area contributed by atoms with E-state index < -0.39 is 5.54 Å². The number of imide groups is 1. The Morgan fingerprint density at radius 2 is 2.04 bits per heavy atom. The van der Waals surface area contributed by atoms with E-state index in [0.29, 0.717) is 12.7 Å². The smallest absolute Gasteiger partial charge is 0.319 e. The van der Waals surface area contributed by atoms with E-state index in [0.717, 1.165) is 18.5 Å². The van der Waals surface area contributed by atoms with Crippen LogP contribution in [0.3, 0.4) is 0 Å². The Morgan fingerprint density at radius 1 is 1.28 bits per heavy atom. The third kappa shape index (κ3) is 2.56. The fourth-order valence-corrected chi connectivity index (χ4v) is 4.86. The predicted molar refractivity (Wildman–Crippen MR) is 96.3 cm³/mol. The standard InChI is InChI=1S/C19H21N3O2S/c1-13-15-9-11-25-16(15)8-10-21(13)12-22-17(23)19(2,20-18(22)24)14-6-4-3-5-7-14/h3-7,9,11,13H,8,10,12H2,1-2H3,(H,20,24)/p+1/t13-,19-/m1/s1. The second kappa shape index (κ2) is 5.97. The summed E-state index contributed by atoms with van der Waals surface area (Å²) in [5.74, 6) is -0.167. The van der Waals surface area contributed by atoms with Gasteiger partial charge in [-0.3, -0.25) is 4.79 Å². The maximum atomic E-state index is 13.0. The molecule has 1 fully saturated rings. The van der Waals surface area contributed by atoms with Gasteiger partial charge in [-0.15, -0.1) is 11.3 Å². The molecule has 1 saturated heterocycles. The quantitative estimate of drug-likeness (QED) is 0.822. The molecule has 0 aliphatic carbocycles. The molecule has 1 aromatic heterocycles. The van der Waals surface area contributed by atoms with Crippen LogP contribution in [0.25, 0.3) is 0 Å². The van der Waals surface area contributed by atoms with Crippen LogP contribution in [-0.4, -0.2) is 30.1 Å². The van der Waals surface area contributed by atoms with Crippen LogP contribution in [-0.2, 0) is 16.8 Å². The summed E-state index contributed by atoms with van der Waals surface area (Å²) in [6.45, 7) is 5.31. The molecule has 6 heteroatoms. The molecule has 1 unspecified atom stereocenters. The summed E-state index contributed by atoms with van der Waals surface area (Å²) in [5.41, 5.74) is 1.19. The van der Waals surface area contributed by atoms with Crippen molar-refractivity contribution >= 4 is 23.3 Å². The Hall–Kier alpha value is -2.18. The van der Waals surface area contributed by atoms with Crippen LogP contribution < -0.4 is 10.2 Å². The van der Waals surface area contributed by atoms with Crippen molar-refractivity contribution in [3.05, 3.63) is 57.8 Å². The third-order valence-electron chi connectivity index (χ3n) is 5.52. The molecule has 0 bridgehead atoms. The molecule has 5 nitrogen and oxygen atoms in total.